The molecule has 0 aliphatic rings. The van der Waals surface area contributed by atoms with Crippen LogP contribution in [0.3, 0.4) is 0 Å². The molecule has 0 unspecified atom stereocenters. The minimum Gasteiger partial charge on any atom is -0.454 e. The van der Waals surface area contributed by atoms with Gasteiger partial charge in [-0.3, -0.25) is 4.79 Å². The van der Waals surface area contributed by atoms with Crippen molar-refractivity contribution in [2.24, 2.45) is 5.73 Å². The van der Waals surface area contributed by atoms with Crippen molar-refractivity contribution in [2.45, 2.75) is 26.7 Å². The van der Waals surface area contributed by atoms with E-state index in [1.54, 1.807) is 12.1 Å². The van der Waals surface area contributed by atoms with Crippen LogP contribution >= 0.6 is 0 Å². The van der Waals surface area contributed by atoms with Crippen LogP contribution in [0.1, 0.15) is 37.8 Å². The van der Waals surface area contributed by atoms with Gasteiger partial charge in [0, 0.05) is 11.8 Å². The Balaban J connectivity index is 2.58. The number of allylic oxidation sites excluding steroid dienone is 1. The fraction of sp³-hybridized carbons (Fsp3) is 0.278. The average molecular weight is 312 g/mol. The molecule has 2 N–H and O–H groups in total. The summed E-state index contributed by atoms with van der Waals surface area (Å²) >= 11 is 0. The van der Waals surface area contributed by atoms with E-state index in [1.807, 2.05) is 24.3 Å². The van der Waals surface area contributed by atoms with Gasteiger partial charge in [-0.1, -0.05) is 38.1 Å². The summed E-state index contributed by atoms with van der Waals surface area (Å²) < 4.78 is 4.80. The summed E-state index contributed by atoms with van der Waals surface area (Å²) in [6, 6.07) is 9.48. The number of esters is 1. The van der Waals surface area contributed by atoms with Crippen molar-refractivity contribution >= 4 is 17.8 Å². The molecule has 0 atom stereocenters. The van der Waals surface area contributed by atoms with Crippen molar-refractivity contribution in [3.05, 3.63) is 52.7 Å². The highest BCUT2D eigenvalue weighted by Crippen LogP contribution is 2.15. The Morgan fingerprint density at radius 2 is 1.91 bits per heavy atom. The number of benzene rings is 1. The van der Waals surface area contributed by atoms with Crippen LogP contribution in [0.15, 0.2) is 41.6 Å². The topological polar surface area (TPSA) is 93.2 Å². The first kappa shape index (κ1) is 18.2. The van der Waals surface area contributed by atoms with Crippen LogP contribution in [0.4, 0.5) is 0 Å². The summed E-state index contributed by atoms with van der Waals surface area (Å²) in [5.74, 6) is -0.828. The van der Waals surface area contributed by atoms with Crippen molar-refractivity contribution in [1.29, 1.82) is 5.26 Å². The Labute approximate surface area is 136 Å². The third kappa shape index (κ3) is 5.79. The van der Waals surface area contributed by atoms with Crippen molar-refractivity contribution < 1.29 is 14.3 Å². The van der Waals surface area contributed by atoms with Gasteiger partial charge in [0.2, 0.25) is 5.78 Å². The number of nitriles is 1. The normalized spacial score (nSPS) is 12.0. The molecule has 0 amide bonds. The minimum atomic E-state index is -0.654. The zero-order valence-corrected chi connectivity index (χ0v) is 13.5. The number of hydrogen-bond acceptors (Lipinski definition) is 5. The predicted octanol–water partition coefficient (Wildman–Crippen LogP) is 2.69. The summed E-state index contributed by atoms with van der Waals surface area (Å²) in [5, 5.41) is 8.78. The fourth-order valence-electron chi connectivity index (χ4n) is 1.78. The maximum atomic E-state index is 11.6. The van der Waals surface area contributed by atoms with Crippen molar-refractivity contribution in [3.8, 4) is 6.07 Å². The molecule has 0 saturated heterocycles. The second kappa shape index (κ2) is 8.54. The number of rotatable bonds is 6. The maximum absolute atomic E-state index is 11.6. The summed E-state index contributed by atoms with van der Waals surface area (Å²) in [7, 11) is 0. The monoisotopic (exact) mass is 312 g/mol. The number of carbonyl (C=O) groups is 2. The molecule has 1 aromatic carbocycles. The van der Waals surface area contributed by atoms with E-state index in [0.29, 0.717) is 5.92 Å². The summed E-state index contributed by atoms with van der Waals surface area (Å²) in [4.78, 5) is 23.2. The molecule has 120 valence electrons. The number of carbonyl (C=O) groups excluding carboxylic acids is 2. The van der Waals surface area contributed by atoms with Gasteiger partial charge in [-0.2, -0.15) is 5.26 Å². The molecule has 0 spiro atoms. The lowest BCUT2D eigenvalue weighted by Crippen LogP contribution is -2.16. The van der Waals surface area contributed by atoms with Gasteiger partial charge in [-0.05, 0) is 30.0 Å². The number of nitrogens with two attached hydrogens (primary N) is 1. The molecule has 0 fully saturated rings. The van der Waals surface area contributed by atoms with Crippen molar-refractivity contribution in [2.75, 3.05) is 6.61 Å². The molecule has 0 aliphatic carbocycles. The molecule has 5 heteroatoms. The highest BCUT2D eigenvalue weighted by Gasteiger charge is 2.13. The van der Waals surface area contributed by atoms with Crippen LogP contribution in [-0.4, -0.2) is 18.4 Å². The maximum Gasteiger partial charge on any atom is 0.331 e. The van der Waals surface area contributed by atoms with E-state index in [9.17, 15) is 9.59 Å². The van der Waals surface area contributed by atoms with Crippen LogP contribution in [0.2, 0.25) is 0 Å². The molecule has 0 radical (unpaired) electrons. The Hall–Kier alpha value is -2.87. The summed E-state index contributed by atoms with van der Waals surface area (Å²) in [6.07, 6.45) is 2.84. The van der Waals surface area contributed by atoms with Crippen LogP contribution < -0.4 is 5.73 Å². The number of nitrogens with zero attached hydrogens (tertiary/aromatic N) is 1. The molecule has 0 aliphatic heterocycles. The third-order valence-electron chi connectivity index (χ3n) is 3.15. The molecule has 0 saturated carbocycles. The van der Waals surface area contributed by atoms with Gasteiger partial charge in [-0.25, -0.2) is 4.79 Å². The van der Waals surface area contributed by atoms with Gasteiger partial charge >= 0.3 is 5.97 Å². The first-order valence-electron chi connectivity index (χ1n) is 7.19. The van der Waals surface area contributed by atoms with Gasteiger partial charge in [-0.15, -0.1) is 0 Å². The Morgan fingerprint density at radius 1 is 1.30 bits per heavy atom. The zero-order valence-electron chi connectivity index (χ0n) is 13.5. The average Bonchev–Trinajstić information content (AvgIpc) is 2.51. The minimum absolute atomic E-state index is 0.106. The Kier molecular flexibility index (Phi) is 6.75. The SMILES string of the molecule is C/C(N)=C(/C#N)C(=O)COC(=O)/C=C/c1ccc(C(C)C)cc1. The molecule has 1 aromatic rings. The largest absolute Gasteiger partial charge is 0.454 e. The fourth-order valence-corrected chi connectivity index (χ4v) is 1.78. The van der Waals surface area contributed by atoms with Gasteiger partial charge in [0.05, 0.1) is 0 Å². The standard InChI is InChI=1S/C18H20N2O3/c1-12(2)15-7-4-14(5-8-15)6-9-18(22)23-11-17(21)16(10-19)13(3)20/h4-9,12H,11,20H2,1-3H3/b9-6+,16-13+. The second-order valence-corrected chi connectivity index (χ2v) is 5.36. The highest BCUT2D eigenvalue weighted by molar-refractivity contribution is 6.01. The smallest absolute Gasteiger partial charge is 0.331 e. The van der Waals surface area contributed by atoms with E-state index in [0.717, 1.165) is 5.56 Å². The lowest BCUT2D eigenvalue weighted by Gasteiger charge is -2.04. The Bertz CT molecular complexity index is 673. The summed E-state index contributed by atoms with van der Waals surface area (Å²) in [6.45, 7) is 5.14. The van der Waals surface area contributed by atoms with Crippen LogP contribution in [0, 0.1) is 11.3 Å². The van der Waals surface area contributed by atoms with E-state index >= 15 is 0 Å². The molecule has 0 heterocycles. The van der Waals surface area contributed by atoms with E-state index in [4.69, 9.17) is 15.7 Å². The van der Waals surface area contributed by atoms with Gasteiger partial charge in [0.1, 0.15) is 11.6 Å². The van der Waals surface area contributed by atoms with Gasteiger partial charge in [0.25, 0.3) is 0 Å². The molecule has 23 heavy (non-hydrogen) atoms. The number of Topliss-reactive ketones (excluding diaryl/α,β-unsaturated/α-hetero) is 1. The number of hydrogen-bond donors (Lipinski definition) is 1. The van der Waals surface area contributed by atoms with E-state index in [2.05, 4.69) is 13.8 Å². The van der Waals surface area contributed by atoms with Crippen molar-refractivity contribution in [1.82, 2.24) is 0 Å². The van der Waals surface area contributed by atoms with Crippen molar-refractivity contribution in [3.63, 3.8) is 0 Å². The lowest BCUT2D eigenvalue weighted by atomic mass is 10.0. The zero-order chi connectivity index (χ0) is 17.4. The number of ketones is 1. The molecule has 0 aromatic heterocycles. The molecular formula is C18H20N2O3. The number of ether oxygens (including phenoxy) is 1. The quantitative estimate of drug-likeness (QED) is 0.495. The summed E-state index contributed by atoms with van der Waals surface area (Å²) in [5.41, 5.74) is 7.39. The lowest BCUT2D eigenvalue weighted by molar-refractivity contribution is -0.141. The Morgan fingerprint density at radius 3 is 2.39 bits per heavy atom. The van der Waals surface area contributed by atoms with Crippen LogP contribution in [0.25, 0.3) is 6.08 Å². The second-order valence-electron chi connectivity index (χ2n) is 5.36. The van der Waals surface area contributed by atoms with Crippen LogP contribution in [0.5, 0.6) is 0 Å². The first-order valence-corrected chi connectivity index (χ1v) is 7.19. The van der Waals surface area contributed by atoms with Crippen LogP contribution in [-0.2, 0) is 14.3 Å². The first-order chi connectivity index (χ1) is 10.8. The van der Waals surface area contributed by atoms with E-state index in [-0.39, 0.29) is 11.3 Å². The van der Waals surface area contributed by atoms with Gasteiger partial charge < -0.3 is 10.5 Å². The van der Waals surface area contributed by atoms with E-state index in [1.165, 1.54) is 18.6 Å². The van der Waals surface area contributed by atoms with Gasteiger partial charge in [0.15, 0.2) is 6.61 Å². The van der Waals surface area contributed by atoms with E-state index < -0.39 is 18.4 Å². The highest BCUT2D eigenvalue weighted by atomic mass is 16.5. The molecule has 1 rings (SSSR count). The third-order valence-corrected chi connectivity index (χ3v) is 3.15. The molecule has 0 bridgehead atoms. The predicted molar refractivity (Wildman–Crippen MR) is 88.0 cm³/mol. The molecule has 5 nitrogen and oxygen atoms in total. The molecular weight excluding hydrogens is 292 g/mol.